The molecule has 1 aromatic carbocycles. The smallest absolute Gasteiger partial charge is 0.139 e. The van der Waals surface area contributed by atoms with Crippen molar-refractivity contribution in [3.63, 3.8) is 0 Å². The van der Waals surface area contributed by atoms with Gasteiger partial charge in [-0.1, -0.05) is 6.08 Å². The van der Waals surface area contributed by atoms with Gasteiger partial charge >= 0.3 is 0 Å². The lowest BCUT2D eigenvalue weighted by Gasteiger charge is -2.18. The van der Waals surface area contributed by atoms with Crippen molar-refractivity contribution in [1.82, 2.24) is 24.9 Å². The SMILES string of the molecule is Cc1cn2cc(-c3cc4c(F)cc(C5C=CNCC5)cc4nn3)cc(C)c2n1. The first kappa shape index (κ1) is 16.9. The zero-order valence-corrected chi connectivity index (χ0v) is 15.8. The van der Waals surface area contributed by atoms with Crippen LogP contribution in [0.1, 0.15) is 29.2 Å². The molecule has 1 aliphatic heterocycles. The Kier molecular flexibility index (Phi) is 3.86. The summed E-state index contributed by atoms with van der Waals surface area (Å²) in [4.78, 5) is 4.52. The number of fused-ring (bicyclic) bond motifs is 2. The Bertz CT molecular complexity index is 1240. The Labute approximate surface area is 161 Å². The summed E-state index contributed by atoms with van der Waals surface area (Å²) in [5.41, 5.74) is 5.98. The van der Waals surface area contributed by atoms with E-state index in [1.54, 1.807) is 12.1 Å². The molecule has 0 spiro atoms. The van der Waals surface area contributed by atoms with Gasteiger partial charge in [-0.25, -0.2) is 9.37 Å². The highest BCUT2D eigenvalue weighted by atomic mass is 19.1. The van der Waals surface area contributed by atoms with Crippen molar-refractivity contribution < 1.29 is 4.39 Å². The van der Waals surface area contributed by atoms with E-state index >= 15 is 0 Å². The van der Waals surface area contributed by atoms with E-state index in [9.17, 15) is 4.39 Å². The molecule has 1 unspecified atom stereocenters. The van der Waals surface area contributed by atoms with Gasteiger partial charge in [0.2, 0.25) is 0 Å². The van der Waals surface area contributed by atoms with Crippen LogP contribution < -0.4 is 5.32 Å². The molecule has 0 radical (unpaired) electrons. The molecule has 0 saturated heterocycles. The number of pyridine rings is 1. The Morgan fingerprint density at radius 1 is 1.11 bits per heavy atom. The molecule has 0 amide bonds. The normalized spacial score (nSPS) is 16.6. The molecule has 28 heavy (non-hydrogen) atoms. The minimum Gasteiger partial charge on any atom is -0.391 e. The summed E-state index contributed by atoms with van der Waals surface area (Å²) in [6.07, 6.45) is 8.87. The molecule has 0 saturated carbocycles. The first-order chi connectivity index (χ1) is 13.6. The van der Waals surface area contributed by atoms with Gasteiger partial charge in [0.1, 0.15) is 11.5 Å². The van der Waals surface area contributed by atoms with Gasteiger partial charge in [-0.15, -0.1) is 10.2 Å². The Morgan fingerprint density at radius 3 is 2.82 bits per heavy atom. The minimum absolute atomic E-state index is 0.205. The number of hydrogen-bond acceptors (Lipinski definition) is 4. The highest BCUT2D eigenvalue weighted by molar-refractivity contribution is 5.83. The fourth-order valence-electron chi connectivity index (χ4n) is 3.89. The van der Waals surface area contributed by atoms with Crippen molar-refractivity contribution in [2.75, 3.05) is 6.54 Å². The van der Waals surface area contributed by atoms with Crippen molar-refractivity contribution in [1.29, 1.82) is 0 Å². The maximum absolute atomic E-state index is 14.9. The summed E-state index contributed by atoms with van der Waals surface area (Å²) in [6, 6.07) is 7.37. The lowest BCUT2D eigenvalue weighted by molar-refractivity contribution is 0.624. The van der Waals surface area contributed by atoms with Crippen LogP contribution in [0.2, 0.25) is 0 Å². The van der Waals surface area contributed by atoms with Crippen molar-refractivity contribution in [3.8, 4) is 11.3 Å². The molecule has 0 aliphatic carbocycles. The number of allylic oxidation sites excluding steroid dienone is 1. The van der Waals surface area contributed by atoms with E-state index in [1.807, 2.05) is 49.0 Å². The number of rotatable bonds is 2. The standard InChI is InChI=1S/C22H20FN5/c1-13-7-17(12-28-11-14(2)25-22(13)28)20-10-18-19(23)8-16(9-21(18)27-26-20)15-3-5-24-6-4-15/h3,5,7-12,15,24H,4,6H2,1-2H3. The number of hydrogen-bond donors (Lipinski definition) is 1. The average Bonchev–Trinajstić information content (AvgIpc) is 3.09. The van der Waals surface area contributed by atoms with Crippen LogP contribution in [-0.4, -0.2) is 26.1 Å². The number of benzene rings is 1. The third-order valence-electron chi connectivity index (χ3n) is 5.30. The maximum Gasteiger partial charge on any atom is 0.139 e. The van der Waals surface area contributed by atoms with Crippen LogP contribution in [0, 0.1) is 19.7 Å². The molecule has 1 N–H and O–H groups in total. The summed E-state index contributed by atoms with van der Waals surface area (Å²) >= 11 is 0. The molecule has 4 aromatic rings. The van der Waals surface area contributed by atoms with Crippen LogP contribution >= 0.6 is 0 Å². The summed E-state index contributed by atoms with van der Waals surface area (Å²) in [5, 5.41) is 12.4. The molecule has 5 nitrogen and oxygen atoms in total. The second-order valence-corrected chi connectivity index (χ2v) is 7.40. The van der Waals surface area contributed by atoms with Crippen LogP contribution in [0.4, 0.5) is 4.39 Å². The highest BCUT2D eigenvalue weighted by Gasteiger charge is 2.16. The van der Waals surface area contributed by atoms with Gasteiger partial charge in [-0.05, 0) is 61.9 Å². The van der Waals surface area contributed by atoms with E-state index in [-0.39, 0.29) is 11.7 Å². The molecule has 5 rings (SSSR count). The van der Waals surface area contributed by atoms with Gasteiger partial charge in [0, 0.05) is 35.8 Å². The molecule has 4 heterocycles. The van der Waals surface area contributed by atoms with E-state index in [4.69, 9.17) is 0 Å². The van der Waals surface area contributed by atoms with E-state index < -0.39 is 0 Å². The van der Waals surface area contributed by atoms with Gasteiger partial charge in [0.25, 0.3) is 0 Å². The molecule has 1 aliphatic rings. The number of aromatic nitrogens is 4. The molecule has 3 aromatic heterocycles. The molecular weight excluding hydrogens is 353 g/mol. The Hall–Kier alpha value is -3.28. The molecule has 6 heteroatoms. The van der Waals surface area contributed by atoms with Crippen LogP contribution in [0.25, 0.3) is 27.8 Å². The predicted molar refractivity (Wildman–Crippen MR) is 108 cm³/mol. The van der Waals surface area contributed by atoms with Gasteiger partial charge < -0.3 is 9.72 Å². The third kappa shape index (κ3) is 2.81. The number of nitrogens with zero attached hydrogens (tertiary/aromatic N) is 4. The molecule has 140 valence electrons. The molecule has 0 fully saturated rings. The summed E-state index contributed by atoms with van der Waals surface area (Å²) in [5.74, 6) is -0.0528. The topological polar surface area (TPSA) is 55.1 Å². The summed E-state index contributed by atoms with van der Waals surface area (Å²) in [6.45, 7) is 4.87. The first-order valence-corrected chi connectivity index (χ1v) is 9.42. The van der Waals surface area contributed by atoms with Crippen LogP contribution in [0.5, 0.6) is 0 Å². The van der Waals surface area contributed by atoms with Gasteiger partial charge in [0.05, 0.1) is 16.9 Å². The Balaban J connectivity index is 1.61. The van der Waals surface area contributed by atoms with Crippen LogP contribution in [0.3, 0.4) is 0 Å². The van der Waals surface area contributed by atoms with Crippen molar-refractivity contribution in [2.24, 2.45) is 0 Å². The van der Waals surface area contributed by atoms with E-state index in [0.717, 1.165) is 41.0 Å². The summed E-state index contributed by atoms with van der Waals surface area (Å²) in [7, 11) is 0. The number of nitrogens with one attached hydrogen (secondary N) is 1. The molecule has 1 atom stereocenters. The number of aryl methyl sites for hydroxylation is 2. The second-order valence-electron chi connectivity index (χ2n) is 7.40. The van der Waals surface area contributed by atoms with Gasteiger partial charge in [0.15, 0.2) is 0 Å². The van der Waals surface area contributed by atoms with Crippen molar-refractivity contribution in [3.05, 3.63) is 71.6 Å². The lowest BCUT2D eigenvalue weighted by Crippen LogP contribution is -2.16. The fourth-order valence-corrected chi connectivity index (χ4v) is 3.89. The third-order valence-corrected chi connectivity index (χ3v) is 5.30. The second kappa shape index (κ2) is 6.41. The van der Waals surface area contributed by atoms with Gasteiger partial charge in [-0.2, -0.15) is 0 Å². The average molecular weight is 373 g/mol. The fraction of sp³-hybridized carbons (Fsp3) is 0.227. The lowest BCUT2D eigenvalue weighted by atomic mass is 9.93. The predicted octanol–water partition coefficient (Wildman–Crippen LogP) is 4.29. The van der Waals surface area contributed by atoms with Crippen molar-refractivity contribution in [2.45, 2.75) is 26.2 Å². The first-order valence-electron chi connectivity index (χ1n) is 9.42. The zero-order chi connectivity index (χ0) is 19.3. The highest BCUT2D eigenvalue weighted by Crippen LogP contribution is 2.29. The largest absolute Gasteiger partial charge is 0.391 e. The zero-order valence-electron chi connectivity index (χ0n) is 15.8. The minimum atomic E-state index is -0.258. The maximum atomic E-state index is 14.9. The molecule has 0 bridgehead atoms. The monoisotopic (exact) mass is 373 g/mol. The van der Waals surface area contributed by atoms with Crippen LogP contribution in [-0.2, 0) is 0 Å². The van der Waals surface area contributed by atoms with E-state index in [2.05, 4.69) is 26.6 Å². The summed E-state index contributed by atoms with van der Waals surface area (Å²) < 4.78 is 16.9. The van der Waals surface area contributed by atoms with E-state index in [0.29, 0.717) is 16.6 Å². The number of halogens is 1. The van der Waals surface area contributed by atoms with Crippen molar-refractivity contribution >= 4 is 16.6 Å². The molecular formula is C22H20FN5. The Morgan fingerprint density at radius 2 is 2.00 bits per heavy atom. The van der Waals surface area contributed by atoms with E-state index in [1.165, 1.54) is 0 Å². The number of imidazole rings is 1. The van der Waals surface area contributed by atoms with Gasteiger partial charge in [-0.3, -0.25) is 0 Å². The quantitative estimate of drug-likeness (QED) is 0.569. The van der Waals surface area contributed by atoms with Crippen LogP contribution in [0.15, 0.2) is 48.9 Å².